The van der Waals surface area contributed by atoms with E-state index in [1.54, 1.807) is 30.5 Å². The summed E-state index contributed by atoms with van der Waals surface area (Å²) in [6, 6.07) is 38.0. The van der Waals surface area contributed by atoms with Crippen molar-refractivity contribution in [2.75, 3.05) is 18.1 Å². The summed E-state index contributed by atoms with van der Waals surface area (Å²) in [5.41, 5.74) is 3.27. The van der Waals surface area contributed by atoms with Crippen molar-refractivity contribution in [3.63, 3.8) is 0 Å². The molecule has 0 unspecified atom stereocenters. The smallest absolute Gasteiger partial charge is 0.271 e. The van der Waals surface area contributed by atoms with Crippen molar-refractivity contribution >= 4 is 53.5 Å². The van der Waals surface area contributed by atoms with Crippen LogP contribution in [0.25, 0.3) is 11.6 Å². The van der Waals surface area contributed by atoms with E-state index in [0.717, 1.165) is 26.4 Å². The highest BCUT2D eigenvalue weighted by Gasteiger charge is 2.56. The minimum atomic E-state index is -3.14. The van der Waals surface area contributed by atoms with E-state index in [2.05, 4.69) is 50.0 Å². The van der Waals surface area contributed by atoms with Crippen LogP contribution >= 0.6 is 0 Å². The van der Waals surface area contributed by atoms with Gasteiger partial charge < -0.3 is 19.7 Å². The molecular formula is C48H49N3O8Si. The van der Waals surface area contributed by atoms with Gasteiger partial charge in [-0.3, -0.25) is 24.7 Å². The number of aliphatic hydroxyl groups is 2. The van der Waals surface area contributed by atoms with Crippen molar-refractivity contribution in [2.45, 2.75) is 51.2 Å². The minimum Gasteiger partial charge on any atom is -0.508 e. The number of nitro groups is 1. The number of imide groups is 1. The van der Waals surface area contributed by atoms with Crippen LogP contribution in [0, 0.1) is 27.9 Å². The first-order chi connectivity index (χ1) is 28.8. The number of fused-ring (bicyclic) bond motifs is 1. The molecule has 11 nitrogen and oxygen atoms in total. The molecule has 4 aromatic carbocycles. The lowest BCUT2D eigenvalue weighted by atomic mass is 9.68. The number of nitro benzene ring substituents is 1. The maximum atomic E-state index is 14.4. The third-order valence-electron chi connectivity index (χ3n) is 11.8. The van der Waals surface area contributed by atoms with E-state index >= 15 is 0 Å². The van der Waals surface area contributed by atoms with Crippen LogP contribution in [0.15, 0.2) is 145 Å². The van der Waals surface area contributed by atoms with Gasteiger partial charge in [-0.2, -0.15) is 0 Å². The van der Waals surface area contributed by atoms with E-state index in [1.165, 1.54) is 24.3 Å². The fraction of sp³-hybridized carbons (Fsp3) is 0.271. The summed E-state index contributed by atoms with van der Waals surface area (Å²) in [5.74, 6) is -3.84. The number of aromatic nitrogens is 1. The highest BCUT2D eigenvalue weighted by Crippen LogP contribution is 2.48. The molecule has 3 N–H and O–H groups in total. The molecule has 2 heterocycles. The average molecular weight is 824 g/mol. The predicted molar refractivity (Wildman–Crippen MR) is 234 cm³/mol. The number of hydrogen-bond acceptors (Lipinski definition) is 9. The van der Waals surface area contributed by atoms with E-state index < -0.39 is 60.6 Å². The number of carbonyl (C=O) groups is 2. The first-order valence-corrected chi connectivity index (χ1v) is 22.0. The third kappa shape index (κ3) is 8.24. The second kappa shape index (κ2) is 17.7. The van der Waals surface area contributed by atoms with Gasteiger partial charge >= 0.3 is 0 Å². The number of anilines is 1. The molecule has 2 amide bonds. The molecule has 60 heavy (non-hydrogen) atoms. The van der Waals surface area contributed by atoms with Crippen LogP contribution in [-0.2, 0) is 14.0 Å². The lowest BCUT2D eigenvalue weighted by molar-refractivity contribution is -0.384. The van der Waals surface area contributed by atoms with Gasteiger partial charge in [0.15, 0.2) is 0 Å². The van der Waals surface area contributed by atoms with Gasteiger partial charge in [0.05, 0.1) is 47.5 Å². The Morgan fingerprint density at radius 1 is 0.917 bits per heavy atom. The number of carbonyl (C=O) groups excluding carboxylic acids is 2. The van der Waals surface area contributed by atoms with E-state index in [0.29, 0.717) is 23.3 Å². The van der Waals surface area contributed by atoms with Gasteiger partial charge in [-0.05, 0) is 93.4 Å². The Morgan fingerprint density at radius 3 is 2.15 bits per heavy atom. The Balaban J connectivity index is 1.32. The zero-order valence-electron chi connectivity index (χ0n) is 33.8. The fourth-order valence-corrected chi connectivity index (χ4v) is 13.6. The lowest BCUT2D eigenvalue weighted by Gasteiger charge is -2.44. The highest BCUT2D eigenvalue weighted by molar-refractivity contribution is 6.99. The molecule has 1 aliphatic carbocycles. The topological polar surface area (TPSA) is 163 Å². The standard InChI is InChI=1S/C48H49N3O8Si/c1-48(2,3)60(38-15-6-4-7-16-38,39-17-8-5-9-18-39)59-31-34-28-40-45(47(56)50(46(40)55)35-13-12-14-36(29-35)51(57)58)41(30-52)44(34)43(54)25-22-33(42-19-10-11-26-49-42)27-32-20-23-37(53)24-21-32/h4-21,23-24,26-27,29,40-41,43,45,52-54H,22,25,28,30-31H2,1-3H3/b33-27-/t40-,41+,43-,45-/m1/s1. The maximum absolute atomic E-state index is 14.4. The summed E-state index contributed by atoms with van der Waals surface area (Å²) in [7, 11) is -3.14. The van der Waals surface area contributed by atoms with Crippen molar-refractivity contribution in [3.05, 3.63) is 166 Å². The molecule has 2 aliphatic rings. The quantitative estimate of drug-likeness (QED) is 0.0350. The number of amides is 2. The Labute approximate surface area is 350 Å². The molecule has 1 fully saturated rings. The summed E-state index contributed by atoms with van der Waals surface area (Å²) in [4.78, 5) is 45.5. The highest BCUT2D eigenvalue weighted by atomic mass is 28.4. The van der Waals surface area contributed by atoms with Gasteiger partial charge in [0.1, 0.15) is 5.75 Å². The number of nitrogens with zero attached hydrogens (tertiary/aromatic N) is 3. The van der Waals surface area contributed by atoms with Crippen LogP contribution in [0.4, 0.5) is 11.4 Å². The van der Waals surface area contributed by atoms with Gasteiger partial charge in [-0.25, -0.2) is 4.90 Å². The largest absolute Gasteiger partial charge is 0.508 e. The molecular weight excluding hydrogens is 775 g/mol. The second-order valence-electron chi connectivity index (χ2n) is 16.5. The summed E-state index contributed by atoms with van der Waals surface area (Å²) >= 11 is 0. The average Bonchev–Trinajstić information content (AvgIpc) is 3.51. The molecule has 5 aromatic rings. The van der Waals surface area contributed by atoms with Crippen LogP contribution in [0.1, 0.15) is 51.3 Å². The van der Waals surface area contributed by atoms with Crippen LogP contribution in [0.3, 0.4) is 0 Å². The van der Waals surface area contributed by atoms with Crippen LogP contribution < -0.4 is 15.3 Å². The molecule has 1 aliphatic heterocycles. The van der Waals surface area contributed by atoms with Crippen molar-refractivity contribution in [1.82, 2.24) is 4.98 Å². The van der Waals surface area contributed by atoms with Crippen LogP contribution in [0.2, 0.25) is 5.04 Å². The zero-order chi connectivity index (χ0) is 42.6. The number of non-ortho nitro benzene ring substituents is 1. The van der Waals surface area contributed by atoms with E-state index in [-0.39, 0.29) is 36.6 Å². The lowest BCUT2D eigenvalue weighted by Crippen LogP contribution is -2.66. The number of phenols is 1. The van der Waals surface area contributed by atoms with Crippen molar-refractivity contribution in [1.29, 1.82) is 0 Å². The SMILES string of the molecule is CC(C)(C)[Si](OCC1=C([C@H](O)CC/C(=C/c2ccc(O)cc2)c2ccccn2)[C@H](CO)[C@@H]2C(=O)N(c3cccc([N+](=O)[O-])c3)C(=O)[C@@H]2C1)(c1ccccc1)c1ccccc1. The summed E-state index contributed by atoms with van der Waals surface area (Å²) in [6.45, 7) is 5.97. The molecule has 0 saturated carbocycles. The first kappa shape index (κ1) is 42.1. The van der Waals surface area contributed by atoms with Gasteiger partial charge in [0.25, 0.3) is 14.0 Å². The minimum absolute atomic E-state index is 0.0219. The monoisotopic (exact) mass is 823 g/mol. The number of phenolic OH excluding ortho intramolecular Hbond substituents is 1. The molecule has 0 bridgehead atoms. The predicted octanol–water partition coefficient (Wildman–Crippen LogP) is 7.07. The Kier molecular flexibility index (Phi) is 12.4. The second-order valence-corrected chi connectivity index (χ2v) is 20.8. The van der Waals surface area contributed by atoms with E-state index in [1.807, 2.05) is 60.7 Å². The Bertz CT molecular complexity index is 2360. The Hall–Kier alpha value is -6.05. The molecule has 12 heteroatoms. The summed E-state index contributed by atoms with van der Waals surface area (Å²) < 4.78 is 7.39. The van der Waals surface area contributed by atoms with Crippen LogP contribution in [-0.4, -0.2) is 64.7 Å². The summed E-state index contributed by atoms with van der Waals surface area (Å²) in [6.07, 6.45) is 3.10. The molecule has 4 atom stereocenters. The fourth-order valence-electron chi connectivity index (χ4n) is 9.10. The number of aromatic hydroxyl groups is 1. The van der Waals surface area contributed by atoms with Gasteiger partial charge in [-0.1, -0.05) is 106 Å². The first-order valence-electron chi connectivity index (χ1n) is 20.1. The van der Waals surface area contributed by atoms with Gasteiger partial charge in [-0.15, -0.1) is 0 Å². The van der Waals surface area contributed by atoms with Crippen molar-refractivity contribution in [3.8, 4) is 5.75 Å². The Morgan fingerprint density at radius 2 is 1.57 bits per heavy atom. The number of aliphatic hydroxyl groups excluding tert-OH is 2. The molecule has 308 valence electrons. The van der Waals surface area contributed by atoms with Gasteiger partial charge in [0, 0.05) is 24.2 Å². The molecule has 7 rings (SSSR count). The molecule has 1 aromatic heterocycles. The maximum Gasteiger partial charge on any atom is 0.271 e. The van der Waals surface area contributed by atoms with Crippen molar-refractivity contribution in [2.24, 2.45) is 17.8 Å². The number of rotatable bonds is 14. The van der Waals surface area contributed by atoms with Crippen molar-refractivity contribution < 1.29 is 34.3 Å². The van der Waals surface area contributed by atoms with Crippen LogP contribution in [0.5, 0.6) is 5.75 Å². The third-order valence-corrected chi connectivity index (χ3v) is 16.8. The zero-order valence-corrected chi connectivity index (χ0v) is 34.8. The molecule has 0 radical (unpaired) electrons. The molecule has 1 saturated heterocycles. The van der Waals surface area contributed by atoms with E-state index in [9.17, 15) is 35.0 Å². The number of allylic oxidation sites excluding steroid dienone is 1. The number of pyridine rings is 1. The normalized spacial score (nSPS) is 19.1. The van der Waals surface area contributed by atoms with E-state index in [4.69, 9.17) is 4.43 Å². The number of benzene rings is 4. The summed E-state index contributed by atoms with van der Waals surface area (Å²) in [5, 5.41) is 47.0. The number of hydrogen-bond donors (Lipinski definition) is 3. The van der Waals surface area contributed by atoms with Gasteiger partial charge in [0.2, 0.25) is 11.8 Å². The molecule has 0 spiro atoms.